The van der Waals surface area contributed by atoms with Crippen LogP contribution in [0.4, 0.5) is 5.69 Å². The second-order valence-electron chi connectivity index (χ2n) is 7.11. The summed E-state index contributed by atoms with van der Waals surface area (Å²) in [7, 11) is 0. The number of fused-ring (bicyclic) bond motifs is 2. The van der Waals surface area contributed by atoms with Crippen LogP contribution in [0.25, 0.3) is 16.4 Å². The number of carbonyl (C=O) groups is 2. The van der Waals surface area contributed by atoms with Gasteiger partial charge in [0.1, 0.15) is 0 Å². The molecule has 5 nitrogen and oxygen atoms in total. The van der Waals surface area contributed by atoms with E-state index in [-0.39, 0.29) is 11.7 Å². The van der Waals surface area contributed by atoms with Gasteiger partial charge in [0.15, 0.2) is 0 Å². The summed E-state index contributed by atoms with van der Waals surface area (Å²) in [5, 5.41) is 3.85. The molecule has 31 heavy (non-hydrogen) atoms. The van der Waals surface area contributed by atoms with Gasteiger partial charge in [-0.25, -0.2) is 0 Å². The molecule has 0 aliphatic rings. The predicted octanol–water partition coefficient (Wildman–Crippen LogP) is 5.73. The molecule has 5 aromatic rings. The summed E-state index contributed by atoms with van der Waals surface area (Å²) in [4.78, 5) is 30.6. The quantitative estimate of drug-likeness (QED) is 0.341. The van der Waals surface area contributed by atoms with Crippen LogP contribution in [0.15, 0.2) is 95.7 Å². The highest BCUT2D eigenvalue weighted by molar-refractivity contribution is 9.10. The zero-order valence-electron chi connectivity index (χ0n) is 16.2. The van der Waals surface area contributed by atoms with E-state index in [1.54, 1.807) is 35.0 Å². The van der Waals surface area contributed by atoms with E-state index in [0.29, 0.717) is 28.0 Å². The number of anilines is 1. The third-order valence-corrected chi connectivity index (χ3v) is 5.64. The van der Waals surface area contributed by atoms with Crippen LogP contribution >= 0.6 is 15.9 Å². The van der Waals surface area contributed by atoms with E-state index in [9.17, 15) is 9.59 Å². The van der Waals surface area contributed by atoms with Crippen molar-refractivity contribution in [1.82, 2.24) is 9.38 Å². The lowest BCUT2D eigenvalue weighted by Crippen LogP contribution is -2.11. The van der Waals surface area contributed by atoms with Crippen LogP contribution in [0.2, 0.25) is 0 Å². The number of aromatic nitrogens is 2. The number of hydrogen-bond donors (Lipinski definition) is 1. The number of rotatable bonds is 4. The fraction of sp³-hybridized carbons (Fsp3) is 0. The molecule has 0 saturated carbocycles. The number of nitrogens with one attached hydrogen (secondary N) is 1. The molecule has 2 aromatic carbocycles. The van der Waals surface area contributed by atoms with Crippen LogP contribution in [-0.2, 0) is 0 Å². The average Bonchev–Trinajstić information content (AvgIpc) is 3.19. The van der Waals surface area contributed by atoms with Gasteiger partial charge >= 0.3 is 0 Å². The van der Waals surface area contributed by atoms with Crippen LogP contribution in [0.5, 0.6) is 0 Å². The summed E-state index contributed by atoms with van der Waals surface area (Å²) in [6.45, 7) is 0. The molecule has 0 aliphatic carbocycles. The Bertz CT molecular complexity index is 1460. The SMILES string of the molecule is O=C(Nc1cnc2ccccc2c1)c1cc(C(=O)c2ccc(Br)cc2)n2ccccc12. The Balaban J connectivity index is 1.52. The maximum atomic E-state index is 13.1. The van der Waals surface area contributed by atoms with Crippen LogP contribution in [0.3, 0.4) is 0 Å². The summed E-state index contributed by atoms with van der Waals surface area (Å²) in [5.41, 5.74) is 3.53. The van der Waals surface area contributed by atoms with Gasteiger partial charge in [0.25, 0.3) is 5.91 Å². The minimum absolute atomic E-state index is 0.153. The molecule has 0 bridgehead atoms. The molecule has 0 fully saturated rings. The van der Waals surface area contributed by atoms with Crippen LogP contribution in [-0.4, -0.2) is 21.1 Å². The normalized spacial score (nSPS) is 11.0. The highest BCUT2D eigenvalue weighted by Gasteiger charge is 2.20. The van der Waals surface area contributed by atoms with Crippen molar-refractivity contribution >= 4 is 49.7 Å². The van der Waals surface area contributed by atoms with Crippen LogP contribution in [0.1, 0.15) is 26.4 Å². The van der Waals surface area contributed by atoms with E-state index in [1.165, 1.54) is 0 Å². The number of pyridine rings is 2. The molecule has 150 valence electrons. The molecule has 1 amide bonds. The Labute approximate surface area is 186 Å². The highest BCUT2D eigenvalue weighted by atomic mass is 79.9. The largest absolute Gasteiger partial charge is 0.321 e. The molecule has 3 heterocycles. The maximum absolute atomic E-state index is 13.1. The molecule has 6 heteroatoms. The Kier molecular flexibility index (Phi) is 4.84. The van der Waals surface area contributed by atoms with Gasteiger partial charge in [-0.1, -0.05) is 40.2 Å². The number of amides is 1. The minimum Gasteiger partial charge on any atom is -0.321 e. The lowest BCUT2D eigenvalue weighted by atomic mass is 10.1. The first-order valence-electron chi connectivity index (χ1n) is 9.67. The fourth-order valence-corrected chi connectivity index (χ4v) is 3.86. The summed E-state index contributed by atoms with van der Waals surface area (Å²) in [6, 6.07) is 23.9. The molecular formula is C25H16BrN3O2. The first kappa shape index (κ1) is 19.2. The average molecular weight is 470 g/mol. The lowest BCUT2D eigenvalue weighted by molar-refractivity contribution is 0.102. The molecule has 0 saturated heterocycles. The zero-order valence-corrected chi connectivity index (χ0v) is 17.8. The van der Waals surface area contributed by atoms with Crippen molar-refractivity contribution < 1.29 is 9.59 Å². The highest BCUT2D eigenvalue weighted by Crippen LogP contribution is 2.23. The number of hydrogen-bond acceptors (Lipinski definition) is 3. The smallest absolute Gasteiger partial charge is 0.257 e. The molecule has 0 spiro atoms. The van der Waals surface area contributed by atoms with Gasteiger partial charge in [0, 0.05) is 21.6 Å². The van der Waals surface area contributed by atoms with Crippen LogP contribution in [0, 0.1) is 0 Å². The Morgan fingerprint density at radius 2 is 1.68 bits per heavy atom. The number of carbonyl (C=O) groups excluding carboxylic acids is 2. The number of nitrogens with zero attached hydrogens (tertiary/aromatic N) is 2. The van der Waals surface area contributed by atoms with Gasteiger partial charge in [-0.2, -0.15) is 0 Å². The van der Waals surface area contributed by atoms with Crippen molar-refractivity contribution in [3.8, 4) is 0 Å². The van der Waals surface area contributed by atoms with Gasteiger partial charge in [-0.3, -0.25) is 14.6 Å². The molecular weight excluding hydrogens is 454 g/mol. The second kappa shape index (κ2) is 7.81. The minimum atomic E-state index is -0.296. The van der Waals surface area contributed by atoms with Gasteiger partial charge < -0.3 is 9.72 Å². The van der Waals surface area contributed by atoms with Crippen molar-refractivity contribution in [3.05, 3.63) is 113 Å². The monoisotopic (exact) mass is 469 g/mol. The molecule has 5 rings (SSSR count). The van der Waals surface area contributed by atoms with Crippen molar-refractivity contribution in [2.24, 2.45) is 0 Å². The van der Waals surface area contributed by atoms with Crippen molar-refractivity contribution in [2.45, 2.75) is 0 Å². The summed E-state index contributed by atoms with van der Waals surface area (Å²) < 4.78 is 2.64. The Hall–Kier alpha value is -3.77. The fourth-order valence-electron chi connectivity index (χ4n) is 3.60. The topological polar surface area (TPSA) is 63.5 Å². The number of ketones is 1. The van der Waals surface area contributed by atoms with E-state index in [2.05, 4.69) is 26.2 Å². The van der Waals surface area contributed by atoms with E-state index in [1.807, 2.05) is 60.7 Å². The molecule has 0 atom stereocenters. The summed E-state index contributed by atoms with van der Waals surface area (Å²) in [5.74, 6) is -0.448. The van der Waals surface area contributed by atoms with E-state index in [0.717, 1.165) is 15.4 Å². The standard InChI is InChI=1S/C25H16BrN3O2/c26-18-10-8-16(9-11-18)24(30)23-14-20(22-7-3-4-12-29(22)23)25(31)28-19-13-17-5-1-2-6-21(17)27-15-19/h1-15H,(H,28,31). The lowest BCUT2D eigenvalue weighted by Gasteiger charge is -2.05. The molecule has 3 aromatic heterocycles. The summed E-state index contributed by atoms with van der Waals surface area (Å²) in [6.07, 6.45) is 3.42. The van der Waals surface area contributed by atoms with Crippen molar-refractivity contribution in [3.63, 3.8) is 0 Å². The second-order valence-corrected chi connectivity index (χ2v) is 8.02. The van der Waals surface area contributed by atoms with Gasteiger partial charge in [-0.05, 0) is 54.6 Å². The van der Waals surface area contributed by atoms with Gasteiger partial charge in [-0.15, -0.1) is 0 Å². The molecule has 0 unspecified atom stereocenters. The number of para-hydroxylation sites is 1. The number of halogens is 1. The Morgan fingerprint density at radius 1 is 0.903 bits per heavy atom. The first-order chi connectivity index (χ1) is 15.1. The van der Waals surface area contributed by atoms with E-state index in [4.69, 9.17) is 0 Å². The first-order valence-corrected chi connectivity index (χ1v) is 10.5. The van der Waals surface area contributed by atoms with E-state index >= 15 is 0 Å². The van der Waals surface area contributed by atoms with Crippen molar-refractivity contribution in [2.75, 3.05) is 5.32 Å². The molecule has 0 radical (unpaired) electrons. The molecule has 0 aliphatic heterocycles. The zero-order chi connectivity index (χ0) is 21.4. The predicted molar refractivity (Wildman–Crippen MR) is 125 cm³/mol. The third kappa shape index (κ3) is 3.62. The third-order valence-electron chi connectivity index (χ3n) is 5.11. The van der Waals surface area contributed by atoms with Gasteiger partial charge in [0.05, 0.1) is 34.2 Å². The van der Waals surface area contributed by atoms with Crippen LogP contribution < -0.4 is 5.32 Å². The van der Waals surface area contributed by atoms with Gasteiger partial charge in [0.2, 0.25) is 5.78 Å². The summed E-state index contributed by atoms with van der Waals surface area (Å²) >= 11 is 3.39. The maximum Gasteiger partial charge on any atom is 0.257 e. The van der Waals surface area contributed by atoms with Crippen molar-refractivity contribution in [1.29, 1.82) is 0 Å². The number of benzene rings is 2. The Morgan fingerprint density at radius 3 is 2.52 bits per heavy atom. The van der Waals surface area contributed by atoms with E-state index < -0.39 is 0 Å². The molecule has 1 N–H and O–H groups in total.